The number of hydroxylamine groups is 2. The molecule has 2 aliphatic rings. The Hall–Kier alpha value is -3.69. The van der Waals surface area contributed by atoms with Gasteiger partial charge in [0.05, 0.1) is 156 Å². The molecular formula is C47H70F4N4O14S. The number of halogens is 4. The quantitative estimate of drug-likeness (QED) is 0.0236. The van der Waals surface area contributed by atoms with Crippen molar-refractivity contribution >= 4 is 40.8 Å². The number of esters is 1. The average Bonchev–Trinajstić information content (AvgIpc) is 3.62. The molecule has 0 atom stereocenters. The second-order valence-electron chi connectivity index (χ2n) is 15.7. The Balaban J connectivity index is 0.818. The summed E-state index contributed by atoms with van der Waals surface area (Å²) in [7, 11) is 0. The number of hydrogen-bond acceptors (Lipinski definition) is 18. The van der Waals surface area contributed by atoms with Crippen molar-refractivity contribution in [1.82, 2.24) is 9.96 Å². The fourth-order valence-electron chi connectivity index (χ4n) is 6.73. The van der Waals surface area contributed by atoms with Crippen molar-refractivity contribution in [3.8, 4) is 5.75 Å². The molecule has 0 bridgehead atoms. The number of hydrogen-bond donors (Lipinski definition) is 1. The predicted molar refractivity (Wildman–Crippen MR) is 250 cm³/mol. The zero-order valence-corrected chi connectivity index (χ0v) is 41.2. The van der Waals surface area contributed by atoms with Gasteiger partial charge >= 0.3 is 5.97 Å². The molecule has 0 aliphatic carbocycles. The average molecular weight is 1020 g/mol. The first-order valence-electron chi connectivity index (χ1n) is 23.7. The van der Waals surface area contributed by atoms with Gasteiger partial charge in [0.1, 0.15) is 5.84 Å². The third-order valence-corrected chi connectivity index (χ3v) is 11.2. The summed E-state index contributed by atoms with van der Waals surface area (Å²) in [6.07, 6.45) is 3.60. The normalized spacial score (nSPS) is 14.0. The Morgan fingerprint density at radius 2 is 1.14 bits per heavy atom. The van der Waals surface area contributed by atoms with Gasteiger partial charge in [-0.05, 0) is 37.8 Å². The van der Waals surface area contributed by atoms with Crippen molar-refractivity contribution in [1.29, 1.82) is 0 Å². The molecule has 1 fully saturated rings. The highest BCUT2D eigenvalue weighted by Gasteiger charge is 2.28. The molecule has 18 nitrogen and oxygen atoms in total. The van der Waals surface area contributed by atoms with E-state index < -0.39 is 41.4 Å². The lowest BCUT2D eigenvalue weighted by Gasteiger charge is -2.39. The number of aliphatic imine (C=N–C) groups is 1. The van der Waals surface area contributed by atoms with Crippen LogP contribution in [0, 0.1) is 29.2 Å². The lowest BCUT2D eigenvalue weighted by atomic mass is 9.95. The number of nitrogens with zero attached hydrogens (tertiary/aromatic N) is 3. The molecule has 3 heterocycles. The van der Waals surface area contributed by atoms with Gasteiger partial charge < -0.3 is 62.7 Å². The number of likely N-dealkylation sites (tertiary alicyclic amines) is 1. The van der Waals surface area contributed by atoms with Crippen LogP contribution in [0.1, 0.15) is 42.9 Å². The molecule has 396 valence electrons. The van der Waals surface area contributed by atoms with Gasteiger partial charge in [-0.1, -0.05) is 6.92 Å². The summed E-state index contributed by atoms with van der Waals surface area (Å²) < 4.78 is 113. The summed E-state index contributed by atoms with van der Waals surface area (Å²) in [5.74, 6) is -8.66. The van der Waals surface area contributed by atoms with Gasteiger partial charge in [-0.25, -0.2) is 18.8 Å². The van der Waals surface area contributed by atoms with E-state index >= 15 is 0 Å². The molecule has 2 N–H and O–H groups in total. The number of fused-ring (bicyclic) bond motifs is 1. The molecular weight excluding hydrogens is 953 g/mol. The lowest BCUT2D eigenvalue weighted by Crippen LogP contribution is -2.48. The van der Waals surface area contributed by atoms with E-state index in [0.29, 0.717) is 149 Å². The number of nitrogens with two attached hydrogens (primary N) is 1. The molecule has 2 aliphatic heterocycles. The zero-order chi connectivity index (χ0) is 50.2. The van der Waals surface area contributed by atoms with Crippen molar-refractivity contribution in [2.24, 2.45) is 16.6 Å². The number of carbonyl (C=O) groups excluding carboxylic acids is 2. The summed E-state index contributed by atoms with van der Waals surface area (Å²) in [5.41, 5.74) is 7.64. The Morgan fingerprint density at radius 3 is 1.60 bits per heavy atom. The number of thiophene rings is 1. The Bertz CT molecular complexity index is 1840. The highest BCUT2D eigenvalue weighted by atomic mass is 32.1. The summed E-state index contributed by atoms with van der Waals surface area (Å²) in [5, 5.41) is 1.43. The minimum atomic E-state index is -1.80. The Kier molecular flexibility index (Phi) is 29.8. The van der Waals surface area contributed by atoms with E-state index in [1.807, 2.05) is 19.9 Å². The van der Waals surface area contributed by atoms with Crippen LogP contribution >= 0.6 is 11.3 Å². The van der Waals surface area contributed by atoms with Crippen LogP contribution in [-0.2, 0) is 68.2 Å². The molecule has 23 heteroatoms. The van der Waals surface area contributed by atoms with E-state index in [9.17, 15) is 27.2 Å². The second-order valence-corrected chi connectivity index (χ2v) is 16.9. The predicted octanol–water partition coefficient (Wildman–Crippen LogP) is 4.91. The molecule has 1 saturated heterocycles. The van der Waals surface area contributed by atoms with E-state index in [0.717, 1.165) is 43.0 Å². The van der Waals surface area contributed by atoms with E-state index in [-0.39, 0.29) is 31.8 Å². The van der Waals surface area contributed by atoms with Gasteiger partial charge in [0, 0.05) is 49.1 Å². The highest BCUT2D eigenvalue weighted by molar-refractivity contribution is 7.13. The van der Waals surface area contributed by atoms with Crippen molar-refractivity contribution in [3.63, 3.8) is 0 Å². The van der Waals surface area contributed by atoms with Gasteiger partial charge in [0.15, 0.2) is 11.6 Å². The molecule has 0 unspecified atom stereocenters. The smallest absolute Gasteiger partial charge is 0.313 e. The van der Waals surface area contributed by atoms with Crippen LogP contribution in [0.15, 0.2) is 22.7 Å². The van der Waals surface area contributed by atoms with Crippen LogP contribution in [0.25, 0.3) is 6.08 Å². The first-order chi connectivity index (χ1) is 34.1. The molecule has 1 aromatic carbocycles. The highest BCUT2D eigenvalue weighted by Crippen LogP contribution is 2.37. The number of rotatable bonds is 41. The van der Waals surface area contributed by atoms with Crippen LogP contribution in [0.3, 0.4) is 0 Å². The molecule has 0 spiro atoms. The standard InChI is InChI=1S/C47H70F4N4O14S/c1-3-6-55(68-4-2)47(57)36-29-41-40(53-42(52)30-36)31-37(70-41)28-35-33-54(34-35)7-9-59-11-13-61-15-17-63-19-21-65-23-25-67-27-26-66-24-22-64-20-18-62-16-14-60-12-10-58-8-5-43(56)69-46-44(50)38(48)32-39(49)45(46)51/h29,31-32,35H,3-28,30,33-34H2,1-2H3,(H2,52,53). The second kappa shape index (κ2) is 35.4. The lowest BCUT2D eigenvalue weighted by molar-refractivity contribution is -0.180. The third-order valence-electron chi connectivity index (χ3n) is 10.1. The van der Waals surface area contributed by atoms with Gasteiger partial charge in [-0.2, -0.15) is 8.78 Å². The molecule has 70 heavy (non-hydrogen) atoms. The summed E-state index contributed by atoms with van der Waals surface area (Å²) >= 11 is 1.68. The molecule has 0 saturated carbocycles. The molecule has 1 aromatic heterocycles. The SMILES string of the molecule is CCCN(OCC)C(=O)C1=Cc2sc(CC3CN(CCOCCOCCOCCOCCOCCOCCOCCOCCOCCOCCC(=O)Oc4c(F)c(F)cc(F)c4F)C3)cc2N=C(N)C1. The summed E-state index contributed by atoms with van der Waals surface area (Å²) in [4.78, 5) is 39.7. The maximum absolute atomic E-state index is 13.6. The third kappa shape index (κ3) is 23.2. The number of amides is 1. The maximum Gasteiger partial charge on any atom is 0.313 e. The van der Waals surface area contributed by atoms with E-state index in [1.165, 1.54) is 9.94 Å². The molecule has 1 amide bonds. The molecule has 2 aromatic rings. The van der Waals surface area contributed by atoms with E-state index in [4.69, 9.17) is 57.9 Å². The number of benzene rings is 1. The Morgan fingerprint density at radius 1 is 0.686 bits per heavy atom. The first-order valence-corrected chi connectivity index (χ1v) is 24.6. The van der Waals surface area contributed by atoms with Crippen molar-refractivity contribution in [2.75, 3.05) is 165 Å². The van der Waals surface area contributed by atoms with Crippen LogP contribution in [0.5, 0.6) is 5.75 Å². The van der Waals surface area contributed by atoms with Crippen LogP contribution in [-0.4, -0.2) is 193 Å². The van der Waals surface area contributed by atoms with Crippen molar-refractivity contribution in [2.45, 2.75) is 39.5 Å². The number of carbonyl (C=O) groups is 2. The fourth-order valence-corrected chi connectivity index (χ4v) is 7.91. The minimum Gasteiger partial charge on any atom is -0.420 e. The zero-order valence-electron chi connectivity index (χ0n) is 40.4. The van der Waals surface area contributed by atoms with Gasteiger partial charge in [0.2, 0.25) is 17.4 Å². The summed E-state index contributed by atoms with van der Waals surface area (Å²) in [6, 6.07) is 2.12. The Labute approximate surface area is 411 Å². The van der Waals surface area contributed by atoms with E-state index in [1.54, 1.807) is 11.3 Å². The van der Waals surface area contributed by atoms with Gasteiger partial charge in [-0.3, -0.25) is 14.4 Å². The topological polar surface area (TPSA) is 190 Å². The molecule has 0 radical (unpaired) electrons. The van der Waals surface area contributed by atoms with Gasteiger partial charge in [-0.15, -0.1) is 11.3 Å². The van der Waals surface area contributed by atoms with E-state index in [2.05, 4.69) is 20.7 Å². The largest absolute Gasteiger partial charge is 0.420 e. The maximum atomic E-state index is 13.6. The van der Waals surface area contributed by atoms with Gasteiger partial charge in [0.25, 0.3) is 5.91 Å². The van der Waals surface area contributed by atoms with Crippen molar-refractivity contribution in [3.05, 3.63) is 50.7 Å². The van der Waals surface area contributed by atoms with Crippen LogP contribution in [0.2, 0.25) is 0 Å². The monoisotopic (exact) mass is 1020 g/mol. The molecule has 4 rings (SSSR count). The van der Waals surface area contributed by atoms with Crippen LogP contribution in [0.4, 0.5) is 23.2 Å². The number of ether oxygens (including phenoxy) is 11. The minimum absolute atomic E-state index is 0.0184. The van der Waals surface area contributed by atoms with Crippen molar-refractivity contribution < 1.29 is 84.1 Å². The fraction of sp³-hybridized carbons (Fsp3) is 0.681. The van der Waals surface area contributed by atoms with Crippen LogP contribution < -0.4 is 10.5 Å². The summed E-state index contributed by atoms with van der Waals surface area (Å²) in [6.45, 7) is 15.5. The first kappa shape index (κ1) is 58.9. The number of amidine groups is 1.